The van der Waals surface area contributed by atoms with Crippen molar-refractivity contribution in [2.24, 2.45) is 5.92 Å². The van der Waals surface area contributed by atoms with E-state index in [1.165, 1.54) is 25.8 Å². The molecule has 0 aliphatic heterocycles. The first-order valence-corrected chi connectivity index (χ1v) is 6.36. The maximum Gasteiger partial charge on any atom is 0.329 e. The van der Waals surface area contributed by atoms with E-state index >= 15 is 0 Å². The standard InChI is InChI=1S/C13H26N2O3/c1-9(2)7-8-10(3)14-12(18)15(6)13(4,5)11(16)17/h9-10H,7-8H2,1-6H3,(H,14,18)(H,16,17). The fourth-order valence-electron chi connectivity index (χ4n) is 1.36. The number of hydrogen-bond donors (Lipinski definition) is 2. The second-order valence-electron chi connectivity index (χ2n) is 5.74. The maximum atomic E-state index is 11.9. The third-order valence-corrected chi connectivity index (χ3v) is 3.21. The number of carboxylic acid groups (broad SMARTS) is 1. The summed E-state index contributed by atoms with van der Waals surface area (Å²) in [5.41, 5.74) is -1.21. The quantitative estimate of drug-likeness (QED) is 0.768. The highest BCUT2D eigenvalue weighted by Gasteiger charge is 2.35. The number of nitrogens with zero attached hydrogens (tertiary/aromatic N) is 1. The predicted octanol–water partition coefficient (Wildman–Crippen LogP) is 2.32. The van der Waals surface area contributed by atoms with Crippen molar-refractivity contribution >= 4 is 12.0 Å². The van der Waals surface area contributed by atoms with Gasteiger partial charge in [-0.2, -0.15) is 0 Å². The molecular formula is C13H26N2O3. The van der Waals surface area contributed by atoms with Crippen LogP contribution in [-0.2, 0) is 4.79 Å². The molecule has 0 saturated heterocycles. The number of carboxylic acids is 1. The molecule has 0 spiro atoms. The molecule has 2 N–H and O–H groups in total. The largest absolute Gasteiger partial charge is 0.480 e. The highest BCUT2D eigenvalue weighted by atomic mass is 16.4. The summed E-state index contributed by atoms with van der Waals surface area (Å²) < 4.78 is 0. The van der Waals surface area contributed by atoms with Crippen molar-refractivity contribution in [2.45, 2.75) is 59.0 Å². The van der Waals surface area contributed by atoms with E-state index in [0.717, 1.165) is 12.8 Å². The lowest BCUT2D eigenvalue weighted by Crippen LogP contribution is -2.55. The molecule has 0 radical (unpaired) electrons. The molecular weight excluding hydrogens is 232 g/mol. The Hall–Kier alpha value is -1.26. The second-order valence-corrected chi connectivity index (χ2v) is 5.74. The number of urea groups is 1. The van der Waals surface area contributed by atoms with Gasteiger partial charge in [-0.1, -0.05) is 13.8 Å². The van der Waals surface area contributed by atoms with E-state index in [1.807, 2.05) is 6.92 Å². The summed E-state index contributed by atoms with van der Waals surface area (Å²) in [6.45, 7) is 9.21. The Labute approximate surface area is 110 Å². The van der Waals surface area contributed by atoms with Crippen molar-refractivity contribution in [3.63, 3.8) is 0 Å². The number of nitrogens with one attached hydrogen (secondary N) is 1. The van der Waals surface area contributed by atoms with Gasteiger partial charge in [-0.3, -0.25) is 0 Å². The van der Waals surface area contributed by atoms with Crippen molar-refractivity contribution in [1.82, 2.24) is 10.2 Å². The zero-order valence-electron chi connectivity index (χ0n) is 12.3. The van der Waals surface area contributed by atoms with Crippen molar-refractivity contribution in [3.8, 4) is 0 Å². The minimum absolute atomic E-state index is 0.0481. The minimum atomic E-state index is -1.21. The number of carbonyl (C=O) groups excluding carboxylic acids is 1. The van der Waals surface area contributed by atoms with Crippen LogP contribution in [0.5, 0.6) is 0 Å². The van der Waals surface area contributed by atoms with E-state index < -0.39 is 11.5 Å². The summed E-state index contributed by atoms with van der Waals surface area (Å²) in [7, 11) is 1.50. The van der Waals surface area contributed by atoms with Crippen LogP contribution < -0.4 is 5.32 Å². The number of amides is 2. The molecule has 0 aromatic carbocycles. The van der Waals surface area contributed by atoms with Crippen LogP contribution in [0.15, 0.2) is 0 Å². The highest BCUT2D eigenvalue weighted by Crippen LogP contribution is 2.13. The van der Waals surface area contributed by atoms with Gasteiger partial charge in [-0.25, -0.2) is 9.59 Å². The Balaban J connectivity index is 4.36. The van der Waals surface area contributed by atoms with E-state index in [9.17, 15) is 9.59 Å². The van der Waals surface area contributed by atoms with Crippen molar-refractivity contribution in [1.29, 1.82) is 0 Å². The average Bonchev–Trinajstić information content (AvgIpc) is 2.24. The number of likely N-dealkylation sites (N-methyl/N-ethyl adjacent to an activating group) is 1. The van der Waals surface area contributed by atoms with Gasteiger partial charge in [-0.05, 0) is 39.5 Å². The van der Waals surface area contributed by atoms with Gasteiger partial charge in [0.15, 0.2) is 0 Å². The van der Waals surface area contributed by atoms with Crippen LogP contribution in [-0.4, -0.2) is 40.6 Å². The van der Waals surface area contributed by atoms with Crippen LogP contribution in [0.4, 0.5) is 4.79 Å². The van der Waals surface area contributed by atoms with E-state index in [4.69, 9.17) is 5.11 Å². The lowest BCUT2D eigenvalue weighted by atomic mass is 10.0. The average molecular weight is 258 g/mol. The summed E-state index contributed by atoms with van der Waals surface area (Å²) >= 11 is 0. The molecule has 0 saturated carbocycles. The minimum Gasteiger partial charge on any atom is -0.480 e. The van der Waals surface area contributed by atoms with Gasteiger partial charge in [-0.15, -0.1) is 0 Å². The van der Waals surface area contributed by atoms with Crippen molar-refractivity contribution in [3.05, 3.63) is 0 Å². The van der Waals surface area contributed by atoms with Crippen molar-refractivity contribution in [2.75, 3.05) is 7.05 Å². The van der Waals surface area contributed by atoms with Crippen molar-refractivity contribution < 1.29 is 14.7 Å². The van der Waals surface area contributed by atoms with Gasteiger partial charge < -0.3 is 15.3 Å². The van der Waals surface area contributed by atoms with Crippen LogP contribution in [0.25, 0.3) is 0 Å². The number of rotatable bonds is 6. The molecule has 0 heterocycles. The topological polar surface area (TPSA) is 69.6 Å². The normalized spacial score (nSPS) is 13.3. The molecule has 106 valence electrons. The molecule has 0 rings (SSSR count). The summed E-state index contributed by atoms with van der Waals surface area (Å²) in [5.74, 6) is -0.424. The first-order valence-electron chi connectivity index (χ1n) is 6.36. The van der Waals surface area contributed by atoms with Crippen LogP contribution in [0.3, 0.4) is 0 Å². The molecule has 18 heavy (non-hydrogen) atoms. The summed E-state index contributed by atoms with van der Waals surface area (Å²) in [6, 6.07) is -0.300. The van der Waals surface area contributed by atoms with Gasteiger partial charge in [0.1, 0.15) is 5.54 Å². The van der Waals surface area contributed by atoms with Crippen LogP contribution >= 0.6 is 0 Å². The first kappa shape index (κ1) is 16.7. The Bertz CT molecular complexity index is 301. The van der Waals surface area contributed by atoms with Gasteiger partial charge in [0.2, 0.25) is 0 Å². The molecule has 0 aromatic heterocycles. The van der Waals surface area contributed by atoms with E-state index in [0.29, 0.717) is 5.92 Å². The van der Waals surface area contributed by atoms with Gasteiger partial charge in [0, 0.05) is 13.1 Å². The Morgan fingerprint density at radius 3 is 2.11 bits per heavy atom. The molecule has 1 atom stereocenters. The van der Waals surface area contributed by atoms with Gasteiger partial charge >= 0.3 is 12.0 Å². The molecule has 0 aromatic rings. The molecule has 1 unspecified atom stereocenters. The third-order valence-electron chi connectivity index (χ3n) is 3.21. The van der Waals surface area contributed by atoms with Gasteiger partial charge in [0.05, 0.1) is 0 Å². The van der Waals surface area contributed by atoms with E-state index in [1.54, 1.807) is 0 Å². The summed E-state index contributed by atoms with van der Waals surface area (Å²) in [6.07, 6.45) is 1.93. The lowest BCUT2D eigenvalue weighted by molar-refractivity contribution is -0.146. The van der Waals surface area contributed by atoms with E-state index in [-0.39, 0.29) is 12.1 Å². The van der Waals surface area contributed by atoms with Crippen LogP contribution in [0.2, 0.25) is 0 Å². The molecule has 5 heteroatoms. The first-order chi connectivity index (χ1) is 8.09. The number of carbonyl (C=O) groups is 2. The van der Waals surface area contributed by atoms with E-state index in [2.05, 4.69) is 19.2 Å². The fraction of sp³-hybridized carbons (Fsp3) is 0.846. The van der Waals surface area contributed by atoms with Gasteiger partial charge in [0.25, 0.3) is 0 Å². The zero-order valence-corrected chi connectivity index (χ0v) is 12.3. The molecule has 0 fully saturated rings. The third kappa shape index (κ3) is 4.94. The second kappa shape index (κ2) is 6.61. The van der Waals surface area contributed by atoms with Crippen LogP contribution in [0.1, 0.15) is 47.5 Å². The number of aliphatic carboxylic acids is 1. The Morgan fingerprint density at radius 1 is 1.22 bits per heavy atom. The highest BCUT2D eigenvalue weighted by molar-refractivity contribution is 5.85. The SMILES string of the molecule is CC(C)CCC(C)NC(=O)N(C)C(C)(C)C(=O)O. The summed E-state index contributed by atoms with van der Waals surface area (Å²) in [5, 5.41) is 11.9. The van der Waals surface area contributed by atoms with Crippen LogP contribution in [0, 0.1) is 5.92 Å². The smallest absolute Gasteiger partial charge is 0.329 e. The summed E-state index contributed by atoms with van der Waals surface area (Å²) in [4.78, 5) is 24.2. The molecule has 0 aliphatic carbocycles. The molecule has 0 bridgehead atoms. The fourth-order valence-corrected chi connectivity index (χ4v) is 1.36. The monoisotopic (exact) mass is 258 g/mol. The number of hydrogen-bond acceptors (Lipinski definition) is 2. The predicted molar refractivity (Wildman–Crippen MR) is 71.5 cm³/mol. The Kier molecular flexibility index (Phi) is 6.15. The maximum absolute atomic E-state index is 11.9. The zero-order chi connectivity index (χ0) is 14.5. The Morgan fingerprint density at radius 2 is 1.72 bits per heavy atom. The lowest BCUT2D eigenvalue weighted by Gasteiger charge is -2.32. The molecule has 0 aliphatic rings. The molecule has 2 amide bonds. The molecule has 5 nitrogen and oxygen atoms in total.